The molecule has 0 radical (unpaired) electrons. The molecule has 0 aliphatic carbocycles. The predicted molar refractivity (Wildman–Crippen MR) is 78.0 cm³/mol. The Morgan fingerprint density at radius 3 is 2.68 bits per heavy atom. The highest BCUT2D eigenvalue weighted by Crippen LogP contribution is 2.22. The molecule has 1 aliphatic heterocycles. The number of carbonyl (C=O) groups is 1. The minimum atomic E-state index is 0.199. The normalized spacial score (nSPS) is 19.0. The summed E-state index contributed by atoms with van der Waals surface area (Å²) in [6, 6.07) is 9.15. The second kappa shape index (κ2) is 6.20. The highest BCUT2D eigenvalue weighted by Gasteiger charge is 2.21. The molecule has 104 valence electrons. The van der Waals surface area contributed by atoms with E-state index in [0.717, 1.165) is 32.6 Å². The first-order valence-corrected chi connectivity index (χ1v) is 7.14. The molecule has 1 amide bonds. The van der Waals surface area contributed by atoms with E-state index in [1.165, 1.54) is 11.1 Å². The summed E-state index contributed by atoms with van der Waals surface area (Å²) in [6.07, 6.45) is 1.07. The molecular weight excluding hydrogens is 236 g/mol. The summed E-state index contributed by atoms with van der Waals surface area (Å²) in [6.45, 7) is 9.85. The van der Waals surface area contributed by atoms with Crippen LogP contribution in [0.4, 0.5) is 0 Å². The smallest absolute Gasteiger partial charge is 0.219 e. The quantitative estimate of drug-likeness (QED) is 0.816. The number of benzene rings is 1. The van der Waals surface area contributed by atoms with Gasteiger partial charge in [-0.05, 0) is 25.8 Å². The Morgan fingerprint density at radius 1 is 1.21 bits per heavy atom. The number of hydrogen-bond acceptors (Lipinski definition) is 2. The zero-order chi connectivity index (χ0) is 13.8. The lowest BCUT2D eigenvalue weighted by molar-refractivity contribution is -0.128. The Kier molecular flexibility index (Phi) is 4.59. The number of rotatable bonds is 2. The monoisotopic (exact) mass is 260 g/mol. The van der Waals surface area contributed by atoms with Gasteiger partial charge in [0.15, 0.2) is 0 Å². The van der Waals surface area contributed by atoms with Crippen LogP contribution in [0.1, 0.15) is 37.4 Å². The van der Waals surface area contributed by atoms with Crippen LogP contribution >= 0.6 is 0 Å². The number of amides is 1. The van der Waals surface area contributed by atoms with E-state index in [1.54, 1.807) is 6.92 Å². The van der Waals surface area contributed by atoms with Crippen molar-refractivity contribution < 1.29 is 4.79 Å². The van der Waals surface area contributed by atoms with Gasteiger partial charge in [0.1, 0.15) is 0 Å². The highest BCUT2D eigenvalue weighted by molar-refractivity contribution is 5.73. The zero-order valence-corrected chi connectivity index (χ0v) is 12.2. The molecule has 1 fully saturated rings. The van der Waals surface area contributed by atoms with Crippen LogP contribution in [0.2, 0.25) is 0 Å². The van der Waals surface area contributed by atoms with Crippen molar-refractivity contribution in [1.82, 2.24) is 9.80 Å². The average molecular weight is 260 g/mol. The van der Waals surface area contributed by atoms with E-state index in [0.29, 0.717) is 6.04 Å². The molecule has 1 atom stereocenters. The van der Waals surface area contributed by atoms with E-state index in [1.807, 2.05) is 4.90 Å². The second-order valence-corrected chi connectivity index (χ2v) is 5.49. The number of nitrogens with zero attached hydrogens (tertiary/aromatic N) is 2. The third kappa shape index (κ3) is 3.57. The van der Waals surface area contributed by atoms with Crippen molar-refractivity contribution in [3.63, 3.8) is 0 Å². The lowest BCUT2D eigenvalue weighted by Gasteiger charge is -2.28. The van der Waals surface area contributed by atoms with Gasteiger partial charge in [0.2, 0.25) is 5.91 Å². The Morgan fingerprint density at radius 2 is 2.00 bits per heavy atom. The van der Waals surface area contributed by atoms with Gasteiger partial charge in [-0.1, -0.05) is 29.8 Å². The maximum atomic E-state index is 11.5. The summed E-state index contributed by atoms with van der Waals surface area (Å²) in [5.74, 6) is 0.199. The number of carbonyl (C=O) groups excluding carboxylic acids is 1. The molecule has 0 aromatic heterocycles. The highest BCUT2D eigenvalue weighted by atomic mass is 16.2. The van der Waals surface area contributed by atoms with Crippen LogP contribution in [-0.4, -0.2) is 41.9 Å². The molecular formula is C16H24N2O. The minimum absolute atomic E-state index is 0.199. The maximum Gasteiger partial charge on any atom is 0.219 e. The Balaban J connectivity index is 2.03. The van der Waals surface area contributed by atoms with Crippen LogP contribution < -0.4 is 0 Å². The van der Waals surface area contributed by atoms with Crippen molar-refractivity contribution in [2.45, 2.75) is 33.2 Å². The first kappa shape index (κ1) is 14.1. The summed E-state index contributed by atoms with van der Waals surface area (Å²) >= 11 is 0. The Bertz CT molecular complexity index is 444. The molecule has 0 saturated carbocycles. The van der Waals surface area contributed by atoms with Crippen molar-refractivity contribution in [3.8, 4) is 0 Å². The van der Waals surface area contributed by atoms with Crippen LogP contribution in [-0.2, 0) is 4.79 Å². The minimum Gasteiger partial charge on any atom is -0.342 e. The third-order valence-electron chi connectivity index (χ3n) is 4.05. The number of hydrogen-bond donors (Lipinski definition) is 0. The Hall–Kier alpha value is -1.35. The van der Waals surface area contributed by atoms with Crippen molar-refractivity contribution in [2.75, 3.05) is 26.2 Å². The molecule has 1 aromatic carbocycles. The van der Waals surface area contributed by atoms with Crippen molar-refractivity contribution >= 4 is 5.91 Å². The van der Waals surface area contributed by atoms with Gasteiger partial charge in [-0.3, -0.25) is 9.69 Å². The van der Waals surface area contributed by atoms with Crippen molar-refractivity contribution in [2.24, 2.45) is 0 Å². The SMILES string of the molecule is CC(=O)N1CCCN(C(C)c2cccc(C)c2)CC1. The van der Waals surface area contributed by atoms with Crippen LogP contribution in [0.25, 0.3) is 0 Å². The molecule has 1 aromatic rings. The zero-order valence-electron chi connectivity index (χ0n) is 12.2. The predicted octanol–water partition coefficient (Wildman–Crippen LogP) is 2.61. The molecule has 1 aliphatic rings. The fourth-order valence-corrected chi connectivity index (χ4v) is 2.78. The fourth-order valence-electron chi connectivity index (χ4n) is 2.78. The standard InChI is InChI=1S/C16H24N2O/c1-13-6-4-7-16(12-13)14(2)17-8-5-9-18(11-10-17)15(3)19/h4,6-7,12,14H,5,8-11H2,1-3H3. The molecule has 3 nitrogen and oxygen atoms in total. The van der Waals surface area contributed by atoms with E-state index < -0.39 is 0 Å². The molecule has 2 rings (SSSR count). The number of aryl methyl sites for hydroxylation is 1. The molecule has 0 N–H and O–H groups in total. The van der Waals surface area contributed by atoms with Gasteiger partial charge in [-0.2, -0.15) is 0 Å². The van der Waals surface area contributed by atoms with E-state index in [-0.39, 0.29) is 5.91 Å². The molecule has 3 heteroatoms. The summed E-state index contributed by atoms with van der Waals surface area (Å²) < 4.78 is 0. The first-order valence-electron chi connectivity index (χ1n) is 7.14. The van der Waals surface area contributed by atoms with Crippen LogP contribution in [0.3, 0.4) is 0 Å². The summed E-state index contributed by atoms with van der Waals surface area (Å²) in [4.78, 5) is 15.9. The molecule has 19 heavy (non-hydrogen) atoms. The van der Waals surface area contributed by atoms with E-state index in [4.69, 9.17) is 0 Å². The summed E-state index contributed by atoms with van der Waals surface area (Å²) in [5.41, 5.74) is 2.68. The van der Waals surface area contributed by atoms with Gasteiger partial charge < -0.3 is 4.90 Å². The van der Waals surface area contributed by atoms with Gasteiger partial charge in [0.25, 0.3) is 0 Å². The lowest BCUT2D eigenvalue weighted by Crippen LogP contribution is -2.34. The molecule has 1 saturated heterocycles. The molecule has 0 spiro atoms. The van der Waals surface area contributed by atoms with Gasteiger partial charge in [0.05, 0.1) is 0 Å². The summed E-state index contributed by atoms with van der Waals surface area (Å²) in [7, 11) is 0. The average Bonchev–Trinajstić information content (AvgIpc) is 2.63. The van der Waals surface area contributed by atoms with Gasteiger partial charge in [0, 0.05) is 39.1 Å². The van der Waals surface area contributed by atoms with Crippen LogP contribution in [0.15, 0.2) is 24.3 Å². The first-order chi connectivity index (χ1) is 9.08. The maximum absolute atomic E-state index is 11.5. The van der Waals surface area contributed by atoms with Gasteiger partial charge >= 0.3 is 0 Å². The van der Waals surface area contributed by atoms with E-state index in [2.05, 4.69) is 43.0 Å². The van der Waals surface area contributed by atoms with Gasteiger partial charge in [-0.25, -0.2) is 0 Å². The molecule has 1 unspecified atom stereocenters. The van der Waals surface area contributed by atoms with Gasteiger partial charge in [-0.15, -0.1) is 0 Å². The van der Waals surface area contributed by atoms with E-state index in [9.17, 15) is 4.79 Å². The third-order valence-corrected chi connectivity index (χ3v) is 4.05. The van der Waals surface area contributed by atoms with Crippen LogP contribution in [0.5, 0.6) is 0 Å². The largest absolute Gasteiger partial charge is 0.342 e. The second-order valence-electron chi connectivity index (χ2n) is 5.49. The van der Waals surface area contributed by atoms with Crippen molar-refractivity contribution in [1.29, 1.82) is 0 Å². The molecule has 1 heterocycles. The summed E-state index contributed by atoms with van der Waals surface area (Å²) in [5, 5.41) is 0. The Labute approximate surface area is 116 Å². The topological polar surface area (TPSA) is 23.6 Å². The fraction of sp³-hybridized carbons (Fsp3) is 0.562. The van der Waals surface area contributed by atoms with Crippen LogP contribution in [0, 0.1) is 6.92 Å². The van der Waals surface area contributed by atoms with Crippen molar-refractivity contribution in [3.05, 3.63) is 35.4 Å². The molecule has 0 bridgehead atoms. The van der Waals surface area contributed by atoms with E-state index >= 15 is 0 Å². The lowest BCUT2D eigenvalue weighted by atomic mass is 10.0.